The zero-order chi connectivity index (χ0) is 34.1. The van der Waals surface area contributed by atoms with Gasteiger partial charge in [-0.05, 0) is 48.9 Å². The van der Waals surface area contributed by atoms with Crippen LogP contribution in [0.1, 0.15) is 39.4 Å². The molecule has 14 heteroatoms. The van der Waals surface area contributed by atoms with Crippen molar-refractivity contribution >= 4 is 33.9 Å². The zero-order valence-corrected chi connectivity index (χ0v) is 25.6. The van der Waals surface area contributed by atoms with Crippen LogP contribution in [0.4, 0.5) is 32.0 Å². The lowest BCUT2D eigenvalue weighted by molar-refractivity contribution is -0.661. The highest BCUT2D eigenvalue weighted by molar-refractivity contribution is 6.10. The van der Waals surface area contributed by atoms with E-state index < -0.39 is 46.9 Å². The summed E-state index contributed by atoms with van der Waals surface area (Å²) in [4.78, 5) is 30.6. The third-order valence-corrected chi connectivity index (χ3v) is 8.92. The zero-order valence-electron chi connectivity index (χ0n) is 25.6. The minimum absolute atomic E-state index is 0.0269. The highest BCUT2D eigenvalue weighted by Gasteiger charge is 2.39. The van der Waals surface area contributed by atoms with Crippen molar-refractivity contribution in [3.8, 4) is 16.9 Å². The minimum Gasteiger partial charge on any atom is -0.490 e. The average molecular weight is 669 g/mol. The highest BCUT2D eigenvalue weighted by atomic mass is 19.4. The molecule has 48 heavy (non-hydrogen) atoms. The molecule has 0 unspecified atom stereocenters. The summed E-state index contributed by atoms with van der Waals surface area (Å²) in [6, 6.07) is 6.79. The second-order valence-corrected chi connectivity index (χ2v) is 12.0. The van der Waals surface area contributed by atoms with E-state index in [1.807, 2.05) is 0 Å². The smallest absolute Gasteiger partial charge is 0.417 e. The van der Waals surface area contributed by atoms with Gasteiger partial charge in [0.25, 0.3) is 0 Å². The number of anilines is 1. The van der Waals surface area contributed by atoms with Crippen molar-refractivity contribution in [3.05, 3.63) is 94.6 Å². The predicted molar refractivity (Wildman–Crippen MR) is 164 cm³/mol. The molecule has 248 valence electrons. The topological polar surface area (TPSA) is 94.2 Å². The second-order valence-electron chi connectivity index (χ2n) is 12.0. The van der Waals surface area contributed by atoms with Gasteiger partial charge >= 0.3 is 6.18 Å². The Bertz CT molecular complexity index is 2160. The number of imidazole rings is 1. The number of amides is 1. The summed E-state index contributed by atoms with van der Waals surface area (Å²) in [5.74, 6) is -3.57. The third kappa shape index (κ3) is 5.29. The van der Waals surface area contributed by atoms with Crippen molar-refractivity contribution in [1.29, 1.82) is 0 Å². The van der Waals surface area contributed by atoms with Crippen molar-refractivity contribution in [2.24, 2.45) is 7.05 Å². The molecule has 0 aliphatic carbocycles. The van der Waals surface area contributed by atoms with E-state index in [4.69, 9.17) is 4.74 Å². The summed E-state index contributed by atoms with van der Waals surface area (Å²) in [5, 5.41) is 3.83. The Morgan fingerprint density at radius 2 is 1.90 bits per heavy atom. The van der Waals surface area contributed by atoms with E-state index in [0.717, 1.165) is 24.3 Å². The van der Waals surface area contributed by atoms with Crippen LogP contribution in [0.25, 0.3) is 27.7 Å². The molecule has 3 aromatic heterocycles. The first-order valence-corrected chi connectivity index (χ1v) is 15.2. The van der Waals surface area contributed by atoms with Crippen LogP contribution in [0.3, 0.4) is 0 Å². The fourth-order valence-electron chi connectivity index (χ4n) is 6.53. The number of aryl methyl sites for hydroxylation is 2. The predicted octanol–water partition coefficient (Wildman–Crippen LogP) is 5.43. The van der Waals surface area contributed by atoms with Gasteiger partial charge in [-0.25, -0.2) is 18.2 Å². The van der Waals surface area contributed by atoms with E-state index in [-0.39, 0.29) is 71.2 Å². The molecule has 1 amide bonds. The van der Waals surface area contributed by atoms with Gasteiger partial charge in [-0.2, -0.15) is 13.2 Å². The summed E-state index contributed by atoms with van der Waals surface area (Å²) >= 11 is 0. The van der Waals surface area contributed by atoms with Gasteiger partial charge in [0.2, 0.25) is 11.7 Å². The number of benzene rings is 2. The molecule has 0 bridgehead atoms. The highest BCUT2D eigenvalue weighted by Crippen LogP contribution is 2.48. The molecule has 7 rings (SSSR count). The fraction of sp³-hybridized carbons (Fsp3) is 0.265. The largest absolute Gasteiger partial charge is 0.490 e. The van der Waals surface area contributed by atoms with Crippen molar-refractivity contribution in [3.63, 3.8) is 0 Å². The van der Waals surface area contributed by atoms with Gasteiger partial charge in [-0.15, -0.1) is 0 Å². The summed E-state index contributed by atoms with van der Waals surface area (Å²) < 4.78 is 96.6. The van der Waals surface area contributed by atoms with E-state index in [1.54, 1.807) is 23.9 Å². The molecule has 2 aliphatic heterocycles. The SMILES string of the molecule is Cc1nc2c3c(c(C(F)(F)F)cc2n1C)-c1cccn2c(C(=O)c4cc(F)c(NC(=O)/C=C/[C@@H]5C[C@@H](F)C[NH2+]5)c(F)c4)cc(c12)CCO3. The Labute approximate surface area is 269 Å². The molecular formula is C34H28F6N5O3+. The molecule has 1 saturated heterocycles. The van der Waals surface area contributed by atoms with Crippen molar-refractivity contribution in [2.75, 3.05) is 18.5 Å². The number of rotatable bonds is 5. The maximum atomic E-state index is 15.2. The number of ether oxygens (including phenoxy) is 1. The quantitative estimate of drug-likeness (QED) is 0.148. The van der Waals surface area contributed by atoms with Gasteiger partial charge in [-0.1, -0.05) is 6.07 Å². The lowest BCUT2D eigenvalue weighted by Crippen LogP contribution is -2.86. The summed E-state index contributed by atoms with van der Waals surface area (Å²) in [7, 11) is 1.62. The minimum atomic E-state index is -4.77. The van der Waals surface area contributed by atoms with E-state index >= 15 is 8.78 Å². The summed E-state index contributed by atoms with van der Waals surface area (Å²) in [6.45, 7) is 1.91. The molecule has 0 radical (unpaired) electrons. The molecule has 8 nitrogen and oxygen atoms in total. The van der Waals surface area contributed by atoms with Crippen LogP contribution < -0.4 is 15.4 Å². The number of carbonyl (C=O) groups excluding carboxylic acids is 2. The molecular weight excluding hydrogens is 640 g/mol. The van der Waals surface area contributed by atoms with E-state index in [0.29, 0.717) is 16.9 Å². The number of quaternary nitrogens is 1. The Balaban J connectivity index is 1.29. The Morgan fingerprint density at radius 3 is 2.58 bits per heavy atom. The number of nitrogens with two attached hydrogens (primary N) is 1. The Morgan fingerprint density at radius 1 is 1.15 bits per heavy atom. The van der Waals surface area contributed by atoms with Gasteiger partial charge in [0.05, 0.1) is 28.9 Å². The number of nitrogens with one attached hydrogen (secondary N) is 1. The molecule has 2 aromatic carbocycles. The first kappa shape index (κ1) is 31.5. The third-order valence-electron chi connectivity index (χ3n) is 8.92. The molecule has 5 aromatic rings. The second kappa shape index (κ2) is 11.5. The van der Waals surface area contributed by atoms with Crippen LogP contribution in [-0.2, 0) is 24.4 Å². The number of pyridine rings is 1. The number of nitrogens with zero attached hydrogens (tertiary/aromatic N) is 3. The van der Waals surface area contributed by atoms with E-state index in [1.165, 1.54) is 34.9 Å². The van der Waals surface area contributed by atoms with Gasteiger partial charge < -0.3 is 24.3 Å². The number of hydrogen-bond acceptors (Lipinski definition) is 4. The standard InChI is InChI=1S/C34H27F6N5O3/c1-16-42-30-25(44(16)2)14-22(34(38,39)40)28-21-4-3-8-45-26(12-17(31(21)45)7-9-48-33(28)30)32(47)18-10-23(36)29(24(37)11-18)43-27(46)6-5-20-13-19(35)15-41-20/h3-6,8,10-12,14,19-20,41H,7,9,13,15H2,1-2H3,(H,43,46)/p+1/b6-5+/t19-,20-/m1/s1. The normalized spacial score (nSPS) is 17.8. The number of halogens is 6. The molecule has 5 heterocycles. The van der Waals surface area contributed by atoms with Crippen LogP contribution in [0.5, 0.6) is 5.75 Å². The van der Waals surface area contributed by atoms with E-state index in [2.05, 4.69) is 10.3 Å². The molecule has 0 saturated carbocycles. The summed E-state index contributed by atoms with van der Waals surface area (Å²) in [5.41, 5.74) is -0.851. The van der Waals surface area contributed by atoms with Gasteiger partial charge in [0.15, 0.2) is 11.9 Å². The number of ketones is 1. The van der Waals surface area contributed by atoms with Crippen LogP contribution in [0.2, 0.25) is 0 Å². The maximum Gasteiger partial charge on any atom is 0.417 e. The number of aromatic nitrogens is 3. The van der Waals surface area contributed by atoms with Crippen LogP contribution in [0.15, 0.2) is 54.7 Å². The van der Waals surface area contributed by atoms with Crippen LogP contribution in [-0.4, -0.2) is 51.0 Å². The van der Waals surface area contributed by atoms with Gasteiger partial charge in [0.1, 0.15) is 41.2 Å². The number of carbonyl (C=O) groups is 2. The molecule has 2 atom stereocenters. The average Bonchev–Trinajstić information content (AvgIpc) is 3.70. The molecule has 2 aliphatic rings. The number of fused-ring (bicyclic) bond motifs is 4. The lowest BCUT2D eigenvalue weighted by Gasteiger charge is -2.22. The summed E-state index contributed by atoms with van der Waals surface area (Å²) in [6.07, 6.45) is -1.33. The monoisotopic (exact) mass is 668 g/mol. The van der Waals surface area contributed by atoms with Gasteiger partial charge in [-0.3, -0.25) is 9.59 Å². The first-order chi connectivity index (χ1) is 22.8. The fourth-order valence-corrected chi connectivity index (χ4v) is 6.53. The molecule has 0 spiro atoms. The van der Waals surface area contributed by atoms with Crippen molar-refractivity contribution < 1.29 is 46.0 Å². The van der Waals surface area contributed by atoms with E-state index in [9.17, 15) is 27.2 Å². The van der Waals surface area contributed by atoms with Crippen molar-refractivity contribution in [1.82, 2.24) is 14.0 Å². The molecule has 3 N–H and O–H groups in total. The maximum absolute atomic E-state index is 15.2. The van der Waals surface area contributed by atoms with Crippen molar-refractivity contribution in [2.45, 2.75) is 38.2 Å². The molecule has 1 fully saturated rings. The Kier molecular flexibility index (Phi) is 7.57. The Hall–Kier alpha value is -5.11. The number of hydrogen-bond donors (Lipinski definition) is 2. The number of alkyl halides is 4. The van der Waals surface area contributed by atoms with Crippen LogP contribution >= 0.6 is 0 Å². The van der Waals surface area contributed by atoms with Crippen LogP contribution in [0, 0.1) is 18.6 Å². The first-order valence-electron chi connectivity index (χ1n) is 15.2. The lowest BCUT2D eigenvalue weighted by atomic mass is 9.94. The van der Waals surface area contributed by atoms with Gasteiger partial charge in [0, 0.05) is 48.9 Å².